The zero-order valence-electron chi connectivity index (χ0n) is 15.4. The Labute approximate surface area is 153 Å². The van der Waals surface area contributed by atoms with Crippen molar-refractivity contribution in [3.05, 3.63) is 30.1 Å². The number of carbonyl (C=O) groups is 2. The molecule has 7 heteroatoms. The van der Waals surface area contributed by atoms with Gasteiger partial charge in [0.2, 0.25) is 5.91 Å². The van der Waals surface area contributed by atoms with Crippen molar-refractivity contribution in [1.82, 2.24) is 19.8 Å². The minimum atomic E-state index is -0.162. The summed E-state index contributed by atoms with van der Waals surface area (Å²) in [6.45, 7) is 2.39. The van der Waals surface area contributed by atoms with E-state index in [1.165, 1.54) is 4.90 Å². The third kappa shape index (κ3) is 4.22. The smallest absolute Gasteiger partial charge is 0.254 e. The van der Waals surface area contributed by atoms with Crippen LogP contribution >= 0.6 is 0 Å². The van der Waals surface area contributed by atoms with Crippen LogP contribution in [0.2, 0.25) is 0 Å². The van der Waals surface area contributed by atoms with Crippen LogP contribution in [0, 0.1) is 5.92 Å². The molecule has 0 spiro atoms. The molecule has 3 rings (SSSR count). The van der Waals surface area contributed by atoms with Gasteiger partial charge in [0.1, 0.15) is 0 Å². The summed E-state index contributed by atoms with van der Waals surface area (Å²) < 4.78 is 5.13. The quantitative estimate of drug-likeness (QED) is 0.856. The predicted octanol–water partition coefficient (Wildman–Crippen LogP) is 1.91. The molecule has 1 aliphatic heterocycles. The minimum absolute atomic E-state index is 0.00802. The summed E-state index contributed by atoms with van der Waals surface area (Å²) in [5.41, 5.74) is 2.18. The topological polar surface area (TPSA) is 78.5 Å². The Hall–Kier alpha value is -2.41. The molecule has 0 aliphatic carbocycles. The molecule has 1 aliphatic rings. The maximum absolute atomic E-state index is 12.6. The summed E-state index contributed by atoms with van der Waals surface area (Å²) in [4.78, 5) is 35.6. The number of fused-ring (bicyclic) bond motifs is 1. The van der Waals surface area contributed by atoms with Gasteiger partial charge in [0.05, 0.1) is 23.9 Å². The van der Waals surface area contributed by atoms with E-state index in [1.54, 1.807) is 38.7 Å². The fourth-order valence-corrected chi connectivity index (χ4v) is 3.42. The second-order valence-corrected chi connectivity index (χ2v) is 6.90. The SMILES string of the molecule is COCCC1CCN(C(=O)CN(C)C(=O)c2ccc3nc[nH]c3c2)CC1. The van der Waals surface area contributed by atoms with Gasteiger partial charge in [-0.3, -0.25) is 9.59 Å². The van der Waals surface area contributed by atoms with Gasteiger partial charge in [-0.05, 0) is 43.4 Å². The molecular weight excluding hydrogens is 332 g/mol. The Morgan fingerprint density at radius 3 is 2.85 bits per heavy atom. The fraction of sp³-hybridized carbons (Fsp3) is 0.526. The van der Waals surface area contributed by atoms with Gasteiger partial charge in [-0.1, -0.05) is 0 Å². The van der Waals surface area contributed by atoms with Crippen LogP contribution in [0.15, 0.2) is 24.5 Å². The van der Waals surface area contributed by atoms with Crippen LogP contribution in [0.25, 0.3) is 11.0 Å². The van der Waals surface area contributed by atoms with Crippen molar-refractivity contribution in [3.8, 4) is 0 Å². The molecular formula is C19H26N4O3. The van der Waals surface area contributed by atoms with Crippen molar-refractivity contribution in [1.29, 1.82) is 0 Å². The Kier molecular flexibility index (Phi) is 5.88. The summed E-state index contributed by atoms with van der Waals surface area (Å²) >= 11 is 0. The number of ether oxygens (including phenoxy) is 1. The van der Waals surface area contributed by atoms with E-state index in [0.29, 0.717) is 11.5 Å². The molecule has 1 saturated heterocycles. The molecule has 1 aromatic carbocycles. The van der Waals surface area contributed by atoms with Gasteiger partial charge in [0.15, 0.2) is 0 Å². The Morgan fingerprint density at radius 1 is 1.35 bits per heavy atom. The maximum atomic E-state index is 12.6. The van der Waals surface area contributed by atoms with Gasteiger partial charge >= 0.3 is 0 Å². The molecule has 0 radical (unpaired) electrons. The van der Waals surface area contributed by atoms with Crippen LogP contribution in [0.4, 0.5) is 0 Å². The zero-order chi connectivity index (χ0) is 18.5. The van der Waals surface area contributed by atoms with Crippen molar-refractivity contribution < 1.29 is 14.3 Å². The lowest BCUT2D eigenvalue weighted by molar-refractivity contribution is -0.133. The van der Waals surface area contributed by atoms with Crippen molar-refractivity contribution in [2.75, 3.05) is 40.4 Å². The molecule has 140 valence electrons. The molecule has 26 heavy (non-hydrogen) atoms. The van der Waals surface area contributed by atoms with E-state index in [0.717, 1.165) is 50.0 Å². The van der Waals surface area contributed by atoms with E-state index >= 15 is 0 Å². The Morgan fingerprint density at radius 2 is 2.12 bits per heavy atom. The van der Waals surface area contributed by atoms with Gasteiger partial charge in [-0.15, -0.1) is 0 Å². The van der Waals surface area contributed by atoms with Crippen LogP contribution in [0.3, 0.4) is 0 Å². The number of methoxy groups -OCH3 is 1. The average molecular weight is 358 g/mol. The number of H-pyrrole nitrogens is 1. The number of aromatic nitrogens is 2. The first-order valence-corrected chi connectivity index (χ1v) is 9.04. The highest BCUT2D eigenvalue weighted by Gasteiger charge is 2.24. The van der Waals surface area contributed by atoms with Crippen molar-refractivity contribution in [2.24, 2.45) is 5.92 Å². The largest absolute Gasteiger partial charge is 0.385 e. The Bertz CT molecular complexity index is 765. The molecule has 2 amide bonds. The standard InChI is InChI=1S/C19H26N4O3/c1-22(19(25)15-3-4-16-17(11-15)21-13-20-16)12-18(24)23-8-5-14(6-9-23)7-10-26-2/h3-4,11,13-14H,5-10,12H2,1-2H3,(H,20,21). The molecule has 0 bridgehead atoms. The van der Waals surface area contributed by atoms with Gasteiger partial charge in [-0.2, -0.15) is 0 Å². The number of hydrogen-bond donors (Lipinski definition) is 1. The second-order valence-electron chi connectivity index (χ2n) is 6.90. The number of amides is 2. The Balaban J connectivity index is 1.53. The number of likely N-dealkylation sites (tertiary alicyclic amines) is 1. The van der Waals surface area contributed by atoms with Crippen LogP contribution in [0.1, 0.15) is 29.6 Å². The summed E-state index contributed by atoms with van der Waals surface area (Å²) in [5, 5.41) is 0. The summed E-state index contributed by atoms with van der Waals surface area (Å²) in [5.74, 6) is 0.470. The van der Waals surface area contributed by atoms with E-state index in [-0.39, 0.29) is 18.4 Å². The molecule has 0 unspecified atom stereocenters. The van der Waals surface area contributed by atoms with E-state index in [2.05, 4.69) is 9.97 Å². The fourth-order valence-electron chi connectivity index (χ4n) is 3.42. The molecule has 0 atom stereocenters. The number of nitrogens with one attached hydrogen (secondary N) is 1. The molecule has 0 saturated carbocycles. The number of likely N-dealkylation sites (N-methyl/N-ethyl adjacent to an activating group) is 1. The molecule has 7 nitrogen and oxygen atoms in total. The number of imidazole rings is 1. The number of hydrogen-bond acceptors (Lipinski definition) is 4. The highest BCUT2D eigenvalue weighted by molar-refractivity contribution is 5.98. The van der Waals surface area contributed by atoms with E-state index < -0.39 is 0 Å². The van der Waals surface area contributed by atoms with Crippen LogP contribution in [-0.4, -0.2) is 72.0 Å². The predicted molar refractivity (Wildman–Crippen MR) is 98.9 cm³/mol. The first-order chi connectivity index (χ1) is 12.6. The molecule has 1 aromatic heterocycles. The lowest BCUT2D eigenvalue weighted by atomic mass is 9.94. The maximum Gasteiger partial charge on any atom is 0.254 e. The number of piperidine rings is 1. The monoisotopic (exact) mass is 358 g/mol. The van der Waals surface area contributed by atoms with Gasteiger partial charge in [-0.25, -0.2) is 4.98 Å². The number of aromatic amines is 1. The molecule has 1 N–H and O–H groups in total. The summed E-state index contributed by atoms with van der Waals surface area (Å²) in [6, 6.07) is 5.32. The minimum Gasteiger partial charge on any atom is -0.385 e. The van der Waals surface area contributed by atoms with Crippen molar-refractivity contribution >= 4 is 22.8 Å². The highest BCUT2D eigenvalue weighted by atomic mass is 16.5. The first kappa shape index (κ1) is 18.4. The molecule has 2 aromatic rings. The lowest BCUT2D eigenvalue weighted by Gasteiger charge is -2.33. The van der Waals surface area contributed by atoms with E-state index in [1.807, 2.05) is 4.90 Å². The van der Waals surface area contributed by atoms with Crippen LogP contribution in [0.5, 0.6) is 0 Å². The summed E-state index contributed by atoms with van der Waals surface area (Å²) in [7, 11) is 3.39. The number of nitrogens with zero attached hydrogens (tertiary/aromatic N) is 3. The number of rotatable bonds is 6. The van der Waals surface area contributed by atoms with E-state index in [4.69, 9.17) is 4.74 Å². The highest BCUT2D eigenvalue weighted by Crippen LogP contribution is 2.20. The first-order valence-electron chi connectivity index (χ1n) is 9.04. The lowest BCUT2D eigenvalue weighted by Crippen LogP contribution is -2.44. The zero-order valence-corrected chi connectivity index (χ0v) is 15.4. The van der Waals surface area contributed by atoms with E-state index in [9.17, 15) is 9.59 Å². The van der Waals surface area contributed by atoms with Crippen molar-refractivity contribution in [3.63, 3.8) is 0 Å². The van der Waals surface area contributed by atoms with Gasteiger partial charge < -0.3 is 19.5 Å². The average Bonchev–Trinajstić information content (AvgIpc) is 3.13. The second kappa shape index (κ2) is 8.31. The normalized spacial score (nSPS) is 15.4. The third-order valence-corrected chi connectivity index (χ3v) is 5.08. The van der Waals surface area contributed by atoms with Crippen LogP contribution < -0.4 is 0 Å². The number of carbonyl (C=O) groups excluding carboxylic acids is 2. The van der Waals surface area contributed by atoms with Crippen LogP contribution in [-0.2, 0) is 9.53 Å². The van der Waals surface area contributed by atoms with Crippen molar-refractivity contribution in [2.45, 2.75) is 19.3 Å². The number of benzene rings is 1. The molecule has 1 fully saturated rings. The molecule has 2 heterocycles. The van der Waals surface area contributed by atoms with Gasteiger partial charge in [0.25, 0.3) is 5.91 Å². The van der Waals surface area contributed by atoms with Gasteiger partial charge in [0, 0.05) is 39.4 Å². The summed E-state index contributed by atoms with van der Waals surface area (Å²) in [6.07, 6.45) is 4.65. The third-order valence-electron chi connectivity index (χ3n) is 5.08.